The molecule has 0 bridgehead atoms. The molecule has 1 aromatic rings. The smallest absolute Gasteiger partial charge is 0.238 e. The number of thioether (sulfide) groups is 1. The summed E-state index contributed by atoms with van der Waals surface area (Å²) in [6.45, 7) is 4.12. The number of likely N-dealkylation sites (N-methyl/N-ethyl adjacent to an activating group) is 1. The summed E-state index contributed by atoms with van der Waals surface area (Å²) >= 11 is 1.60. The van der Waals surface area contributed by atoms with E-state index in [0.29, 0.717) is 13.0 Å². The molecule has 0 aromatic heterocycles. The molecule has 0 saturated carbocycles. The number of carbonyl (C=O) groups excluding carboxylic acids is 2. The highest BCUT2D eigenvalue weighted by molar-refractivity contribution is 7.98. The third-order valence-corrected chi connectivity index (χ3v) is 4.77. The molecule has 0 radical (unpaired) electrons. The predicted octanol–water partition coefficient (Wildman–Crippen LogP) is 1.52. The van der Waals surface area contributed by atoms with Crippen molar-refractivity contribution in [1.29, 1.82) is 0 Å². The molecule has 1 saturated heterocycles. The van der Waals surface area contributed by atoms with Crippen LogP contribution in [0, 0.1) is 0 Å². The molecule has 6 nitrogen and oxygen atoms in total. The van der Waals surface area contributed by atoms with Gasteiger partial charge in [0.2, 0.25) is 11.8 Å². The van der Waals surface area contributed by atoms with E-state index in [2.05, 4.69) is 10.6 Å². The first kappa shape index (κ1) is 21.8. The number of carbonyl (C=O) groups is 2. The lowest BCUT2D eigenvalue weighted by molar-refractivity contribution is -0.132. The highest BCUT2D eigenvalue weighted by atomic mass is 35.5. The van der Waals surface area contributed by atoms with Crippen LogP contribution in [-0.2, 0) is 9.59 Å². The molecular weight excluding hydrogens is 360 g/mol. The molecule has 2 rings (SSSR count). The molecule has 1 fully saturated rings. The highest BCUT2D eigenvalue weighted by Gasteiger charge is 2.17. The number of piperazine rings is 1. The molecule has 1 aromatic carbocycles. The minimum atomic E-state index is -0.0615. The van der Waals surface area contributed by atoms with Crippen molar-refractivity contribution in [3.8, 4) is 0 Å². The minimum Gasteiger partial charge on any atom is -0.340 e. The zero-order valence-electron chi connectivity index (χ0n) is 14.8. The van der Waals surface area contributed by atoms with Crippen LogP contribution >= 0.6 is 24.2 Å². The maximum absolute atomic E-state index is 12.2. The number of amides is 2. The van der Waals surface area contributed by atoms with Gasteiger partial charge in [-0.25, -0.2) is 0 Å². The van der Waals surface area contributed by atoms with Crippen molar-refractivity contribution in [1.82, 2.24) is 15.1 Å². The average Bonchev–Trinajstić information content (AvgIpc) is 2.60. The first-order valence-electron chi connectivity index (χ1n) is 8.20. The zero-order valence-corrected chi connectivity index (χ0v) is 16.4. The van der Waals surface area contributed by atoms with Crippen molar-refractivity contribution < 1.29 is 9.59 Å². The number of hydrogen-bond acceptors (Lipinski definition) is 5. The Labute approximate surface area is 160 Å². The van der Waals surface area contributed by atoms with E-state index in [1.165, 1.54) is 0 Å². The van der Waals surface area contributed by atoms with Crippen molar-refractivity contribution >= 4 is 41.7 Å². The van der Waals surface area contributed by atoms with E-state index in [0.717, 1.165) is 36.8 Å². The van der Waals surface area contributed by atoms with E-state index in [1.54, 1.807) is 11.8 Å². The maximum Gasteiger partial charge on any atom is 0.238 e. The third kappa shape index (κ3) is 7.23. The topological polar surface area (TPSA) is 64.7 Å². The van der Waals surface area contributed by atoms with Crippen LogP contribution in [0.5, 0.6) is 0 Å². The summed E-state index contributed by atoms with van der Waals surface area (Å²) in [5.41, 5.74) is 0.834. The molecule has 25 heavy (non-hydrogen) atoms. The van der Waals surface area contributed by atoms with Crippen LogP contribution in [-0.4, -0.2) is 74.2 Å². The van der Waals surface area contributed by atoms with Gasteiger partial charge in [0, 0.05) is 44.0 Å². The molecular formula is C17H27ClN4O2S. The van der Waals surface area contributed by atoms with Gasteiger partial charge in [-0.3, -0.25) is 14.5 Å². The Balaban J connectivity index is 0.00000312. The van der Waals surface area contributed by atoms with Crippen molar-refractivity contribution in [3.05, 3.63) is 24.3 Å². The average molecular weight is 387 g/mol. The van der Waals surface area contributed by atoms with E-state index in [4.69, 9.17) is 0 Å². The lowest BCUT2D eigenvalue weighted by Crippen LogP contribution is -2.47. The third-order valence-electron chi connectivity index (χ3n) is 3.97. The number of nitrogens with zero attached hydrogens (tertiary/aromatic N) is 2. The van der Waals surface area contributed by atoms with Crippen LogP contribution in [0.3, 0.4) is 0 Å². The highest BCUT2D eigenvalue weighted by Crippen LogP contribution is 2.24. The Morgan fingerprint density at radius 1 is 1.28 bits per heavy atom. The first-order chi connectivity index (χ1) is 11.6. The summed E-state index contributed by atoms with van der Waals surface area (Å²) in [5.74, 6) is 0.102. The molecule has 2 N–H and O–H groups in total. The number of anilines is 1. The van der Waals surface area contributed by atoms with Gasteiger partial charge in [0.25, 0.3) is 0 Å². The molecule has 1 aliphatic heterocycles. The fraction of sp³-hybridized carbons (Fsp3) is 0.529. The standard InChI is InChI=1S/C17H26N4O2S.ClH/c1-20(10-7-17(23)21-11-8-18-9-12-21)13-16(22)19-14-5-3-4-6-15(14)24-2;/h3-6,18H,7-13H2,1-2H3,(H,19,22);1H. The minimum absolute atomic E-state index is 0. The number of halogens is 1. The van der Waals surface area contributed by atoms with Crippen LogP contribution in [0.2, 0.25) is 0 Å². The second-order valence-electron chi connectivity index (χ2n) is 5.87. The van der Waals surface area contributed by atoms with Crippen LogP contribution in [0.15, 0.2) is 29.2 Å². The van der Waals surface area contributed by atoms with Gasteiger partial charge >= 0.3 is 0 Å². The zero-order chi connectivity index (χ0) is 17.4. The SMILES string of the molecule is CSc1ccccc1NC(=O)CN(C)CCC(=O)N1CCNCC1.Cl. The van der Waals surface area contributed by atoms with E-state index < -0.39 is 0 Å². The number of hydrogen-bond donors (Lipinski definition) is 2. The second-order valence-corrected chi connectivity index (χ2v) is 6.72. The van der Waals surface area contributed by atoms with Gasteiger partial charge in [-0.2, -0.15) is 0 Å². The van der Waals surface area contributed by atoms with E-state index in [-0.39, 0.29) is 30.8 Å². The first-order valence-corrected chi connectivity index (χ1v) is 9.42. The van der Waals surface area contributed by atoms with Gasteiger partial charge in [0.1, 0.15) is 0 Å². The van der Waals surface area contributed by atoms with Gasteiger partial charge in [-0.05, 0) is 25.4 Å². The van der Waals surface area contributed by atoms with Crippen molar-refractivity contribution in [2.24, 2.45) is 0 Å². The van der Waals surface area contributed by atoms with E-state index in [9.17, 15) is 9.59 Å². The van der Waals surface area contributed by atoms with Crippen molar-refractivity contribution in [2.45, 2.75) is 11.3 Å². The number of rotatable bonds is 7. The summed E-state index contributed by atoms with van der Waals surface area (Å²) in [5, 5.41) is 6.17. The lowest BCUT2D eigenvalue weighted by atomic mass is 10.3. The number of para-hydroxylation sites is 1. The summed E-state index contributed by atoms with van der Waals surface area (Å²) in [6.07, 6.45) is 2.43. The fourth-order valence-corrected chi connectivity index (χ4v) is 3.17. The van der Waals surface area contributed by atoms with Crippen LogP contribution in [0.25, 0.3) is 0 Å². The summed E-state index contributed by atoms with van der Waals surface area (Å²) in [6, 6.07) is 7.74. The lowest BCUT2D eigenvalue weighted by Gasteiger charge is -2.28. The molecule has 1 aliphatic rings. The Hall–Kier alpha value is -1.28. The normalized spacial score (nSPS) is 14.1. The van der Waals surface area contributed by atoms with Crippen LogP contribution in [0.1, 0.15) is 6.42 Å². The van der Waals surface area contributed by atoms with Gasteiger partial charge in [0.05, 0.1) is 12.2 Å². The largest absolute Gasteiger partial charge is 0.340 e. The Bertz CT molecular complexity index is 567. The predicted molar refractivity (Wildman–Crippen MR) is 106 cm³/mol. The van der Waals surface area contributed by atoms with E-state index in [1.807, 2.05) is 47.4 Å². The summed E-state index contributed by atoms with van der Waals surface area (Å²) in [7, 11) is 1.87. The fourth-order valence-electron chi connectivity index (χ4n) is 2.62. The van der Waals surface area contributed by atoms with Gasteiger partial charge in [-0.15, -0.1) is 24.2 Å². The van der Waals surface area contributed by atoms with Crippen LogP contribution < -0.4 is 10.6 Å². The summed E-state index contributed by atoms with van der Waals surface area (Å²) in [4.78, 5) is 29.1. The Morgan fingerprint density at radius 2 is 1.96 bits per heavy atom. The van der Waals surface area contributed by atoms with Crippen molar-refractivity contribution in [3.63, 3.8) is 0 Å². The quantitative estimate of drug-likeness (QED) is 0.695. The molecule has 140 valence electrons. The van der Waals surface area contributed by atoms with Crippen LogP contribution in [0.4, 0.5) is 5.69 Å². The number of benzene rings is 1. The molecule has 0 spiro atoms. The molecule has 8 heteroatoms. The second kappa shape index (κ2) is 11.4. The molecule has 0 aliphatic carbocycles. The van der Waals surface area contributed by atoms with E-state index >= 15 is 0 Å². The summed E-state index contributed by atoms with van der Waals surface area (Å²) < 4.78 is 0. The van der Waals surface area contributed by atoms with Gasteiger partial charge in [-0.1, -0.05) is 12.1 Å². The molecule has 0 atom stereocenters. The number of nitrogens with one attached hydrogen (secondary N) is 2. The monoisotopic (exact) mass is 386 g/mol. The van der Waals surface area contributed by atoms with Crippen molar-refractivity contribution in [2.75, 3.05) is 57.9 Å². The van der Waals surface area contributed by atoms with Gasteiger partial charge in [0.15, 0.2) is 0 Å². The molecule has 0 unspecified atom stereocenters. The molecule has 1 heterocycles. The molecule has 2 amide bonds. The Kier molecular flexibility index (Phi) is 9.89. The maximum atomic E-state index is 12.2. The van der Waals surface area contributed by atoms with Gasteiger partial charge < -0.3 is 15.5 Å². The Morgan fingerprint density at radius 3 is 2.64 bits per heavy atom.